The molecule has 0 atom stereocenters. The lowest BCUT2D eigenvalue weighted by molar-refractivity contribution is -0.132. The molecule has 0 aliphatic carbocycles. The molecule has 0 bridgehead atoms. The van der Waals surface area contributed by atoms with Crippen LogP contribution in [-0.2, 0) is 4.79 Å². The van der Waals surface area contributed by atoms with E-state index >= 15 is 0 Å². The molecule has 176 valence electrons. The van der Waals surface area contributed by atoms with Crippen LogP contribution in [0, 0.1) is 11.3 Å². The number of carbonyl (C=O) groups is 1. The standard InChI is InChI=1S/C25H30ClN5O.CH4/c26-21-4-6-24(7-5-21)30-16-14-29(15-17-30)11-10-25(32)31-12-8-22(9-13-31)28-23-3-1-2-20(18-23)19-27;/h1-7,18,22,28H,8-17H2;1H4. The van der Waals surface area contributed by atoms with E-state index in [1.807, 2.05) is 41.3 Å². The Balaban J connectivity index is 0.00000306. The molecule has 1 amide bonds. The Hall–Kier alpha value is -2.75. The van der Waals surface area contributed by atoms with Crippen LogP contribution in [0.5, 0.6) is 0 Å². The molecule has 2 aliphatic rings. The molecule has 0 spiro atoms. The Morgan fingerprint density at radius 2 is 1.73 bits per heavy atom. The highest BCUT2D eigenvalue weighted by molar-refractivity contribution is 6.30. The Morgan fingerprint density at radius 3 is 2.39 bits per heavy atom. The third-order valence-electron chi connectivity index (χ3n) is 6.42. The van der Waals surface area contributed by atoms with Crippen molar-refractivity contribution < 1.29 is 4.79 Å². The molecule has 0 unspecified atom stereocenters. The second-order valence-corrected chi connectivity index (χ2v) is 8.98. The smallest absolute Gasteiger partial charge is 0.223 e. The van der Waals surface area contributed by atoms with Crippen LogP contribution in [0.1, 0.15) is 32.3 Å². The molecule has 4 rings (SSSR count). The summed E-state index contributed by atoms with van der Waals surface area (Å²) in [5.41, 5.74) is 2.85. The van der Waals surface area contributed by atoms with Crippen molar-refractivity contribution in [2.24, 2.45) is 0 Å². The molecule has 2 saturated heterocycles. The number of hydrogen-bond donors (Lipinski definition) is 1. The molecule has 33 heavy (non-hydrogen) atoms. The van der Waals surface area contributed by atoms with E-state index in [1.54, 1.807) is 0 Å². The molecular formula is C26H34ClN5O. The number of nitrogens with one attached hydrogen (secondary N) is 1. The number of halogens is 1. The van der Waals surface area contributed by atoms with Crippen LogP contribution >= 0.6 is 11.6 Å². The zero-order valence-electron chi connectivity index (χ0n) is 18.3. The minimum Gasteiger partial charge on any atom is -0.382 e. The van der Waals surface area contributed by atoms with Gasteiger partial charge in [-0.1, -0.05) is 25.1 Å². The number of piperidine rings is 1. The number of carbonyl (C=O) groups excluding carboxylic acids is 1. The van der Waals surface area contributed by atoms with Crippen molar-refractivity contribution in [3.05, 3.63) is 59.1 Å². The maximum absolute atomic E-state index is 12.7. The third-order valence-corrected chi connectivity index (χ3v) is 6.67. The predicted octanol–water partition coefficient (Wildman–Crippen LogP) is 4.46. The van der Waals surface area contributed by atoms with Gasteiger partial charge in [0.1, 0.15) is 0 Å². The number of likely N-dealkylation sites (tertiary alicyclic amines) is 1. The van der Waals surface area contributed by atoms with Gasteiger partial charge in [-0.3, -0.25) is 9.69 Å². The monoisotopic (exact) mass is 467 g/mol. The van der Waals surface area contributed by atoms with E-state index in [9.17, 15) is 4.79 Å². The van der Waals surface area contributed by atoms with Gasteiger partial charge < -0.3 is 15.1 Å². The first-order chi connectivity index (χ1) is 15.6. The highest BCUT2D eigenvalue weighted by Gasteiger charge is 2.24. The molecule has 6 nitrogen and oxygen atoms in total. The maximum Gasteiger partial charge on any atom is 0.223 e. The van der Waals surface area contributed by atoms with Crippen LogP contribution in [0.3, 0.4) is 0 Å². The molecule has 7 heteroatoms. The number of hydrogen-bond acceptors (Lipinski definition) is 5. The number of nitrogens with zero attached hydrogens (tertiary/aromatic N) is 4. The summed E-state index contributed by atoms with van der Waals surface area (Å²) >= 11 is 5.99. The van der Waals surface area contributed by atoms with Gasteiger partial charge in [0.05, 0.1) is 11.6 Å². The van der Waals surface area contributed by atoms with Crippen molar-refractivity contribution in [2.75, 3.05) is 56.0 Å². The van der Waals surface area contributed by atoms with Crippen LogP contribution in [-0.4, -0.2) is 67.6 Å². The van der Waals surface area contributed by atoms with Crippen molar-refractivity contribution in [3.8, 4) is 6.07 Å². The second-order valence-electron chi connectivity index (χ2n) is 8.55. The van der Waals surface area contributed by atoms with Gasteiger partial charge >= 0.3 is 0 Å². The summed E-state index contributed by atoms with van der Waals surface area (Å²) in [6.07, 6.45) is 2.45. The maximum atomic E-state index is 12.7. The van der Waals surface area contributed by atoms with Gasteiger partial charge in [-0.25, -0.2) is 0 Å². The summed E-state index contributed by atoms with van der Waals surface area (Å²) in [6.45, 7) is 6.30. The van der Waals surface area contributed by atoms with E-state index in [4.69, 9.17) is 16.9 Å². The predicted molar refractivity (Wildman–Crippen MR) is 136 cm³/mol. The van der Waals surface area contributed by atoms with E-state index in [0.717, 1.165) is 69.4 Å². The van der Waals surface area contributed by atoms with Gasteiger partial charge in [0.15, 0.2) is 0 Å². The minimum absolute atomic E-state index is 0. The number of benzene rings is 2. The quantitative estimate of drug-likeness (QED) is 0.679. The van der Waals surface area contributed by atoms with Crippen molar-refractivity contribution >= 4 is 28.9 Å². The number of nitriles is 1. The highest BCUT2D eigenvalue weighted by atomic mass is 35.5. The summed E-state index contributed by atoms with van der Waals surface area (Å²) in [6, 6.07) is 18.1. The molecular weight excluding hydrogens is 434 g/mol. The summed E-state index contributed by atoms with van der Waals surface area (Å²) in [4.78, 5) is 19.5. The fourth-order valence-electron chi connectivity index (χ4n) is 4.48. The summed E-state index contributed by atoms with van der Waals surface area (Å²) in [7, 11) is 0. The van der Waals surface area contributed by atoms with E-state index < -0.39 is 0 Å². The van der Waals surface area contributed by atoms with E-state index in [0.29, 0.717) is 18.0 Å². The average molecular weight is 468 g/mol. The van der Waals surface area contributed by atoms with Crippen molar-refractivity contribution in [1.29, 1.82) is 5.26 Å². The highest BCUT2D eigenvalue weighted by Crippen LogP contribution is 2.20. The molecule has 0 saturated carbocycles. The van der Waals surface area contributed by atoms with Crippen LogP contribution in [0.2, 0.25) is 5.02 Å². The van der Waals surface area contributed by atoms with E-state index in [2.05, 4.69) is 33.3 Å². The number of piperazine rings is 1. The zero-order valence-corrected chi connectivity index (χ0v) is 19.1. The lowest BCUT2D eigenvalue weighted by Crippen LogP contribution is -2.48. The Morgan fingerprint density at radius 1 is 1.03 bits per heavy atom. The molecule has 2 heterocycles. The first-order valence-electron chi connectivity index (χ1n) is 11.4. The normalized spacial score (nSPS) is 17.2. The summed E-state index contributed by atoms with van der Waals surface area (Å²) in [5, 5.41) is 13.3. The molecule has 0 radical (unpaired) electrons. The largest absolute Gasteiger partial charge is 0.382 e. The van der Waals surface area contributed by atoms with Crippen LogP contribution in [0.4, 0.5) is 11.4 Å². The first kappa shape index (κ1) is 24.9. The summed E-state index contributed by atoms with van der Waals surface area (Å²) < 4.78 is 0. The topological polar surface area (TPSA) is 62.6 Å². The fraction of sp³-hybridized carbons (Fsp3) is 0.462. The minimum atomic E-state index is 0. The van der Waals surface area contributed by atoms with Gasteiger partial charge in [-0.2, -0.15) is 5.26 Å². The average Bonchev–Trinajstić information content (AvgIpc) is 2.84. The van der Waals surface area contributed by atoms with Crippen LogP contribution in [0.25, 0.3) is 0 Å². The van der Waals surface area contributed by atoms with Gasteiger partial charge in [0, 0.05) is 74.7 Å². The fourth-order valence-corrected chi connectivity index (χ4v) is 4.61. The van der Waals surface area contributed by atoms with Gasteiger partial charge in [0.25, 0.3) is 0 Å². The Kier molecular flexibility index (Phi) is 8.99. The Labute approximate surface area is 202 Å². The van der Waals surface area contributed by atoms with Crippen LogP contribution in [0.15, 0.2) is 48.5 Å². The molecule has 1 N–H and O–H groups in total. The molecule has 2 aliphatic heterocycles. The number of rotatable bonds is 6. The molecule has 0 aromatic heterocycles. The second kappa shape index (κ2) is 11.9. The molecule has 2 aromatic carbocycles. The van der Waals surface area contributed by atoms with E-state index in [-0.39, 0.29) is 13.3 Å². The lowest BCUT2D eigenvalue weighted by atomic mass is 10.0. The summed E-state index contributed by atoms with van der Waals surface area (Å²) in [5.74, 6) is 0.259. The van der Waals surface area contributed by atoms with Crippen molar-refractivity contribution in [1.82, 2.24) is 9.80 Å². The van der Waals surface area contributed by atoms with Crippen molar-refractivity contribution in [3.63, 3.8) is 0 Å². The number of amides is 1. The van der Waals surface area contributed by atoms with Crippen molar-refractivity contribution in [2.45, 2.75) is 32.7 Å². The van der Waals surface area contributed by atoms with E-state index in [1.165, 1.54) is 5.69 Å². The van der Waals surface area contributed by atoms with Gasteiger partial charge in [-0.05, 0) is 55.3 Å². The third kappa shape index (κ3) is 6.86. The van der Waals surface area contributed by atoms with Gasteiger partial charge in [-0.15, -0.1) is 0 Å². The first-order valence-corrected chi connectivity index (χ1v) is 11.8. The lowest BCUT2D eigenvalue weighted by Gasteiger charge is -2.37. The van der Waals surface area contributed by atoms with Gasteiger partial charge in [0.2, 0.25) is 5.91 Å². The number of anilines is 2. The molecule has 2 aromatic rings. The Bertz CT molecular complexity index is 942. The SMILES string of the molecule is C.N#Cc1cccc(NC2CCN(C(=O)CCN3CCN(c4ccc(Cl)cc4)CC3)CC2)c1. The zero-order chi connectivity index (χ0) is 22.3. The molecule has 2 fully saturated rings. The van der Waals surface area contributed by atoms with Crippen LogP contribution < -0.4 is 10.2 Å².